The molecule has 0 aliphatic carbocycles. The summed E-state index contributed by atoms with van der Waals surface area (Å²) in [7, 11) is 0. The smallest absolute Gasteiger partial charge is 0.310 e. The molecule has 2 aliphatic rings. The molecule has 2 aliphatic heterocycles. The highest BCUT2D eigenvalue weighted by Crippen LogP contribution is 2.50. The van der Waals surface area contributed by atoms with Gasteiger partial charge in [-0.05, 0) is 29.8 Å². The maximum absolute atomic E-state index is 11.9. The Morgan fingerprint density at radius 2 is 1.95 bits per heavy atom. The van der Waals surface area contributed by atoms with E-state index in [2.05, 4.69) is 0 Å². The summed E-state index contributed by atoms with van der Waals surface area (Å²) in [5.41, 5.74) is -0.630. The summed E-state index contributed by atoms with van der Waals surface area (Å²) in [4.78, 5) is 23.5. The molecule has 0 saturated carbocycles. The third-order valence-electron chi connectivity index (χ3n) is 4.15. The number of hydrogen-bond acceptors (Lipinski definition) is 5. The molecule has 110 valence electrons. The first-order valence-corrected chi connectivity index (χ1v) is 6.52. The third-order valence-corrected chi connectivity index (χ3v) is 4.15. The predicted molar refractivity (Wildman–Crippen MR) is 70.8 cm³/mol. The first-order chi connectivity index (χ1) is 9.98. The molecule has 3 rings (SSSR count). The summed E-state index contributed by atoms with van der Waals surface area (Å²) in [5.74, 6) is -3.28. The van der Waals surface area contributed by atoms with Gasteiger partial charge in [-0.2, -0.15) is 0 Å². The van der Waals surface area contributed by atoms with E-state index in [1.165, 1.54) is 24.3 Å². The number of ether oxygens (including phenoxy) is 1. The van der Waals surface area contributed by atoms with Crippen molar-refractivity contribution in [3.8, 4) is 5.75 Å². The summed E-state index contributed by atoms with van der Waals surface area (Å²) >= 11 is 0. The number of carbonyl (C=O) groups is 2. The number of carboxylic acid groups (broad SMARTS) is 1. The zero-order valence-corrected chi connectivity index (χ0v) is 11.0. The highest BCUT2D eigenvalue weighted by atomic mass is 16.5. The SMILES string of the molecule is O=C(O)[C@@H]1[C@@H](c2ccc(O)cc2)[C@@]2(CO)C=CC(=O)[C@@H]1O2. The highest BCUT2D eigenvalue weighted by molar-refractivity contribution is 5.99. The maximum Gasteiger partial charge on any atom is 0.310 e. The van der Waals surface area contributed by atoms with Crippen LogP contribution in [0.2, 0.25) is 0 Å². The molecule has 2 heterocycles. The fourth-order valence-electron chi connectivity index (χ4n) is 3.19. The second-order valence-corrected chi connectivity index (χ2v) is 5.32. The Morgan fingerprint density at radius 1 is 1.29 bits per heavy atom. The van der Waals surface area contributed by atoms with Crippen molar-refractivity contribution in [3.63, 3.8) is 0 Å². The fraction of sp³-hybridized carbons (Fsp3) is 0.333. The summed E-state index contributed by atoms with van der Waals surface area (Å²) in [5, 5.41) is 28.6. The van der Waals surface area contributed by atoms with Crippen molar-refractivity contribution in [3.05, 3.63) is 42.0 Å². The van der Waals surface area contributed by atoms with Crippen molar-refractivity contribution >= 4 is 11.8 Å². The van der Waals surface area contributed by atoms with Gasteiger partial charge in [-0.15, -0.1) is 0 Å². The van der Waals surface area contributed by atoms with E-state index in [0.29, 0.717) is 5.56 Å². The van der Waals surface area contributed by atoms with Gasteiger partial charge >= 0.3 is 5.97 Å². The van der Waals surface area contributed by atoms with Gasteiger partial charge in [0.25, 0.3) is 0 Å². The van der Waals surface area contributed by atoms with Crippen LogP contribution >= 0.6 is 0 Å². The lowest BCUT2D eigenvalue weighted by Gasteiger charge is -2.31. The highest BCUT2D eigenvalue weighted by Gasteiger charge is 2.60. The Bertz CT molecular complexity index is 620. The van der Waals surface area contributed by atoms with Crippen molar-refractivity contribution in [2.45, 2.75) is 17.6 Å². The number of fused-ring (bicyclic) bond motifs is 2. The zero-order chi connectivity index (χ0) is 15.2. The number of aliphatic carboxylic acids is 1. The van der Waals surface area contributed by atoms with E-state index in [1.54, 1.807) is 12.1 Å². The van der Waals surface area contributed by atoms with Crippen LogP contribution in [0, 0.1) is 5.92 Å². The Balaban J connectivity index is 2.14. The molecule has 6 nitrogen and oxygen atoms in total. The summed E-state index contributed by atoms with van der Waals surface area (Å²) in [6.07, 6.45) is 1.62. The van der Waals surface area contributed by atoms with Gasteiger partial charge in [-0.3, -0.25) is 9.59 Å². The first kappa shape index (κ1) is 13.8. The largest absolute Gasteiger partial charge is 0.508 e. The van der Waals surface area contributed by atoms with Crippen LogP contribution in [0.4, 0.5) is 0 Å². The molecular formula is C15H14O6. The molecule has 0 aromatic heterocycles. The number of aliphatic hydroxyl groups excluding tert-OH is 1. The molecule has 3 N–H and O–H groups in total. The van der Waals surface area contributed by atoms with Crippen LogP contribution in [0.3, 0.4) is 0 Å². The van der Waals surface area contributed by atoms with Gasteiger partial charge in [0.15, 0.2) is 5.78 Å². The maximum atomic E-state index is 11.9. The molecule has 1 fully saturated rings. The van der Waals surface area contributed by atoms with Crippen molar-refractivity contribution in [2.24, 2.45) is 5.92 Å². The quantitative estimate of drug-likeness (QED) is 0.746. The lowest BCUT2D eigenvalue weighted by atomic mass is 9.76. The van der Waals surface area contributed by atoms with Crippen LogP contribution in [0.15, 0.2) is 36.4 Å². The Hall–Kier alpha value is -2.18. The second-order valence-electron chi connectivity index (χ2n) is 5.32. The summed E-state index contributed by atoms with van der Waals surface area (Å²) < 4.78 is 5.59. The summed E-state index contributed by atoms with van der Waals surface area (Å²) in [6, 6.07) is 6.03. The fourth-order valence-corrected chi connectivity index (χ4v) is 3.19. The molecule has 0 spiro atoms. The minimum atomic E-state index is -1.22. The zero-order valence-electron chi connectivity index (χ0n) is 11.0. The van der Waals surface area contributed by atoms with E-state index in [4.69, 9.17) is 4.74 Å². The van der Waals surface area contributed by atoms with Gasteiger partial charge in [0.05, 0.1) is 6.61 Å². The van der Waals surface area contributed by atoms with Gasteiger partial charge in [0.2, 0.25) is 0 Å². The van der Waals surface area contributed by atoms with Crippen molar-refractivity contribution in [1.29, 1.82) is 0 Å². The standard InChI is InChI=1S/C15H14O6/c16-7-15-6-5-10(18)13(21-15)11(14(19)20)12(15)8-1-3-9(17)4-2-8/h1-6,11-13,16-17H,7H2,(H,19,20)/t11-,12-,13+,15+/m1/s1. The molecule has 1 aromatic rings. The van der Waals surface area contributed by atoms with E-state index in [0.717, 1.165) is 0 Å². The van der Waals surface area contributed by atoms with Crippen LogP contribution in [0.5, 0.6) is 5.75 Å². The van der Waals surface area contributed by atoms with Crippen LogP contribution in [-0.4, -0.2) is 45.4 Å². The van der Waals surface area contributed by atoms with Crippen LogP contribution < -0.4 is 0 Å². The predicted octanol–water partition coefficient (Wildman–Crippen LogP) is 0.445. The number of rotatable bonds is 3. The molecule has 21 heavy (non-hydrogen) atoms. The first-order valence-electron chi connectivity index (χ1n) is 6.52. The number of phenols is 1. The molecular weight excluding hydrogens is 276 g/mol. The minimum absolute atomic E-state index is 0.0529. The van der Waals surface area contributed by atoms with Crippen molar-refractivity contribution in [1.82, 2.24) is 0 Å². The van der Waals surface area contributed by atoms with E-state index in [1.807, 2.05) is 0 Å². The van der Waals surface area contributed by atoms with Gasteiger partial charge in [0.1, 0.15) is 23.4 Å². The molecule has 0 radical (unpaired) electrons. The van der Waals surface area contributed by atoms with Gasteiger partial charge in [0, 0.05) is 5.92 Å². The minimum Gasteiger partial charge on any atom is -0.508 e. The number of carbonyl (C=O) groups excluding carboxylic acids is 1. The van der Waals surface area contributed by atoms with E-state index < -0.39 is 41.9 Å². The Labute approximate surface area is 120 Å². The lowest BCUT2D eigenvalue weighted by Crippen LogP contribution is -2.39. The van der Waals surface area contributed by atoms with Crippen molar-refractivity contribution < 1.29 is 29.6 Å². The molecule has 1 saturated heterocycles. The number of ketones is 1. The van der Waals surface area contributed by atoms with Crippen LogP contribution in [0.25, 0.3) is 0 Å². The Morgan fingerprint density at radius 3 is 2.52 bits per heavy atom. The number of aliphatic hydroxyl groups is 1. The molecule has 0 amide bonds. The Kier molecular flexibility index (Phi) is 3.07. The van der Waals surface area contributed by atoms with Gasteiger partial charge in [-0.1, -0.05) is 12.1 Å². The molecule has 6 heteroatoms. The van der Waals surface area contributed by atoms with Gasteiger partial charge < -0.3 is 20.1 Å². The number of phenolic OH excluding ortho intramolecular Hbond substituents is 1. The molecule has 0 unspecified atom stereocenters. The van der Waals surface area contributed by atoms with Crippen LogP contribution in [0.1, 0.15) is 11.5 Å². The number of aromatic hydroxyl groups is 1. The third kappa shape index (κ3) is 1.95. The summed E-state index contributed by atoms with van der Waals surface area (Å²) in [6.45, 7) is -0.428. The van der Waals surface area contributed by atoms with E-state index in [9.17, 15) is 24.9 Å². The second kappa shape index (κ2) is 4.68. The molecule has 4 atom stereocenters. The molecule has 1 aromatic carbocycles. The van der Waals surface area contributed by atoms with Crippen molar-refractivity contribution in [2.75, 3.05) is 6.61 Å². The average Bonchev–Trinajstić information content (AvgIpc) is 2.76. The topological polar surface area (TPSA) is 104 Å². The monoisotopic (exact) mass is 290 g/mol. The van der Waals surface area contributed by atoms with Gasteiger partial charge in [-0.25, -0.2) is 0 Å². The average molecular weight is 290 g/mol. The lowest BCUT2D eigenvalue weighted by molar-refractivity contribution is -0.148. The number of benzene rings is 1. The normalized spacial score (nSPS) is 34.1. The van der Waals surface area contributed by atoms with Crippen LogP contribution in [-0.2, 0) is 14.3 Å². The van der Waals surface area contributed by atoms with E-state index >= 15 is 0 Å². The number of hydrogen-bond donors (Lipinski definition) is 3. The van der Waals surface area contributed by atoms with E-state index in [-0.39, 0.29) is 5.75 Å². The molecule has 2 bridgehead atoms. The number of carboxylic acids is 1.